The molecule has 0 radical (unpaired) electrons. The van der Waals surface area contributed by atoms with Gasteiger partial charge in [0.05, 0.1) is 24.7 Å². The first-order valence-electron chi connectivity index (χ1n) is 5.23. The van der Waals surface area contributed by atoms with Gasteiger partial charge < -0.3 is 10.5 Å². The van der Waals surface area contributed by atoms with Crippen LogP contribution < -0.4 is 10.5 Å². The molecule has 0 bridgehead atoms. The predicted octanol–water partition coefficient (Wildman–Crippen LogP) is 1.33. The summed E-state index contributed by atoms with van der Waals surface area (Å²) >= 11 is 5.85. The summed E-state index contributed by atoms with van der Waals surface area (Å²) in [5, 5.41) is 13.7. The van der Waals surface area contributed by atoms with Gasteiger partial charge in [-0.25, -0.2) is 9.67 Å². The van der Waals surface area contributed by atoms with Gasteiger partial charge in [-0.3, -0.25) is 0 Å². The number of ether oxygens (including phenoxy) is 1. The van der Waals surface area contributed by atoms with Gasteiger partial charge in [0.15, 0.2) is 5.52 Å². The van der Waals surface area contributed by atoms with E-state index in [9.17, 15) is 0 Å². The Balaban J connectivity index is 2.54. The van der Waals surface area contributed by atoms with Crippen molar-refractivity contribution in [2.24, 2.45) is 5.73 Å². The number of nitrogens with two attached hydrogens (primary N) is 1. The summed E-state index contributed by atoms with van der Waals surface area (Å²) in [6.07, 6.45) is 1.52. The van der Waals surface area contributed by atoms with E-state index in [1.54, 1.807) is 13.0 Å². The van der Waals surface area contributed by atoms with Gasteiger partial charge in [0.1, 0.15) is 11.1 Å². The van der Waals surface area contributed by atoms with E-state index in [4.69, 9.17) is 27.3 Å². The highest BCUT2D eigenvalue weighted by Crippen LogP contribution is 2.26. The van der Waals surface area contributed by atoms with Crippen molar-refractivity contribution < 1.29 is 4.74 Å². The molecule has 6 nitrogen and oxygen atoms in total. The van der Waals surface area contributed by atoms with Crippen LogP contribution in [0.4, 0.5) is 0 Å². The monoisotopic (exact) mass is 265 g/mol. The van der Waals surface area contributed by atoms with Gasteiger partial charge >= 0.3 is 0 Å². The van der Waals surface area contributed by atoms with Crippen LogP contribution in [-0.2, 0) is 6.54 Å². The molecule has 2 heterocycles. The topological polar surface area (TPSA) is 89.8 Å². The zero-order valence-corrected chi connectivity index (χ0v) is 10.8. The minimum Gasteiger partial charge on any atom is -0.480 e. The molecule has 2 rings (SSSR count). The Bertz CT molecular complexity index is 628. The van der Waals surface area contributed by atoms with Gasteiger partial charge in [-0.1, -0.05) is 11.6 Å². The van der Waals surface area contributed by atoms with Crippen molar-refractivity contribution in [3.05, 3.63) is 17.3 Å². The first-order chi connectivity index (χ1) is 8.46. The van der Waals surface area contributed by atoms with Crippen LogP contribution >= 0.6 is 11.6 Å². The summed E-state index contributed by atoms with van der Waals surface area (Å²) in [4.78, 5) is 4.16. The number of methoxy groups -OCH3 is 1. The van der Waals surface area contributed by atoms with E-state index in [0.29, 0.717) is 21.9 Å². The number of nitrogens with zero attached hydrogens (tertiary/aromatic N) is 4. The maximum absolute atomic E-state index is 8.94. The van der Waals surface area contributed by atoms with E-state index in [1.807, 2.05) is 6.07 Å². The van der Waals surface area contributed by atoms with Gasteiger partial charge in [-0.05, 0) is 13.0 Å². The van der Waals surface area contributed by atoms with E-state index in [2.05, 4.69) is 10.1 Å². The Hall–Kier alpha value is -1.84. The Labute approximate surface area is 109 Å². The van der Waals surface area contributed by atoms with Gasteiger partial charge in [0.25, 0.3) is 0 Å². The molecule has 0 amide bonds. The van der Waals surface area contributed by atoms with Crippen molar-refractivity contribution >= 4 is 22.6 Å². The lowest BCUT2D eigenvalue weighted by Crippen LogP contribution is -2.39. The first kappa shape index (κ1) is 12.6. The molecular weight excluding hydrogens is 254 g/mol. The van der Waals surface area contributed by atoms with Crippen molar-refractivity contribution in [2.75, 3.05) is 7.11 Å². The number of aromatic nitrogens is 3. The highest BCUT2D eigenvalue weighted by atomic mass is 35.5. The normalized spacial score (nSPS) is 14.2. The molecule has 0 aliphatic carbocycles. The fraction of sp³-hybridized carbons (Fsp3) is 0.364. The summed E-state index contributed by atoms with van der Waals surface area (Å²) in [6.45, 7) is 1.83. The highest BCUT2D eigenvalue weighted by molar-refractivity contribution is 6.31. The second-order valence-electron chi connectivity index (χ2n) is 4.22. The van der Waals surface area contributed by atoms with Crippen molar-refractivity contribution in [3.63, 3.8) is 0 Å². The molecule has 0 saturated carbocycles. The van der Waals surface area contributed by atoms with Crippen molar-refractivity contribution in [3.8, 4) is 11.9 Å². The predicted molar refractivity (Wildman–Crippen MR) is 67.3 cm³/mol. The van der Waals surface area contributed by atoms with E-state index in [-0.39, 0.29) is 6.54 Å². The number of hydrogen-bond donors (Lipinski definition) is 1. The van der Waals surface area contributed by atoms with E-state index in [0.717, 1.165) is 0 Å². The molecule has 0 spiro atoms. The fourth-order valence-electron chi connectivity index (χ4n) is 1.62. The van der Waals surface area contributed by atoms with Crippen LogP contribution in [0, 0.1) is 11.3 Å². The summed E-state index contributed by atoms with van der Waals surface area (Å²) in [5.41, 5.74) is 5.97. The third-order valence-electron chi connectivity index (χ3n) is 2.43. The fourth-order valence-corrected chi connectivity index (χ4v) is 1.78. The lowest BCUT2D eigenvalue weighted by atomic mass is 10.1. The number of pyridine rings is 1. The van der Waals surface area contributed by atoms with Crippen LogP contribution in [0.25, 0.3) is 11.0 Å². The Morgan fingerprint density at radius 1 is 1.67 bits per heavy atom. The minimum atomic E-state index is -1.03. The molecule has 0 aliphatic rings. The Kier molecular flexibility index (Phi) is 3.11. The number of nitriles is 1. The molecule has 2 aromatic heterocycles. The van der Waals surface area contributed by atoms with Crippen molar-refractivity contribution in [2.45, 2.75) is 19.0 Å². The molecule has 2 aromatic rings. The van der Waals surface area contributed by atoms with Gasteiger partial charge in [0.2, 0.25) is 5.88 Å². The highest BCUT2D eigenvalue weighted by Gasteiger charge is 2.23. The number of rotatable bonds is 3. The lowest BCUT2D eigenvalue weighted by molar-refractivity contribution is 0.342. The number of fused-ring (bicyclic) bond motifs is 1. The zero-order chi connectivity index (χ0) is 13.3. The standard InChI is InChI=1S/C11H12ClN5O/c1-11(14,5-13)6-17-10(18-2)9-8(16-17)3-7(12)4-15-9/h3-4H,6,14H2,1-2H3. The average molecular weight is 266 g/mol. The van der Waals surface area contributed by atoms with E-state index in [1.165, 1.54) is 18.0 Å². The van der Waals surface area contributed by atoms with E-state index >= 15 is 0 Å². The summed E-state index contributed by atoms with van der Waals surface area (Å²) in [6, 6.07) is 3.70. The molecule has 94 valence electrons. The Morgan fingerprint density at radius 3 is 3.00 bits per heavy atom. The summed E-state index contributed by atoms with van der Waals surface area (Å²) in [5.74, 6) is 0.466. The van der Waals surface area contributed by atoms with Crippen LogP contribution in [0.1, 0.15) is 6.92 Å². The third-order valence-corrected chi connectivity index (χ3v) is 2.63. The maximum Gasteiger partial charge on any atom is 0.238 e. The smallest absolute Gasteiger partial charge is 0.238 e. The van der Waals surface area contributed by atoms with Crippen LogP contribution in [0.15, 0.2) is 12.3 Å². The van der Waals surface area contributed by atoms with Crippen LogP contribution in [-0.4, -0.2) is 27.4 Å². The maximum atomic E-state index is 8.94. The zero-order valence-electron chi connectivity index (χ0n) is 10.0. The van der Waals surface area contributed by atoms with Gasteiger partial charge in [-0.2, -0.15) is 10.4 Å². The number of halogens is 1. The Morgan fingerprint density at radius 2 is 2.39 bits per heavy atom. The van der Waals surface area contributed by atoms with Crippen LogP contribution in [0.2, 0.25) is 5.02 Å². The van der Waals surface area contributed by atoms with E-state index < -0.39 is 5.54 Å². The van der Waals surface area contributed by atoms with Crippen molar-refractivity contribution in [1.29, 1.82) is 5.26 Å². The molecule has 1 atom stereocenters. The number of hydrogen-bond acceptors (Lipinski definition) is 5. The molecule has 2 N–H and O–H groups in total. The van der Waals surface area contributed by atoms with Gasteiger partial charge in [-0.15, -0.1) is 0 Å². The third kappa shape index (κ3) is 2.23. The minimum absolute atomic E-state index is 0.209. The molecule has 1 unspecified atom stereocenters. The van der Waals surface area contributed by atoms with Crippen LogP contribution in [0.5, 0.6) is 5.88 Å². The first-order valence-corrected chi connectivity index (χ1v) is 5.61. The van der Waals surface area contributed by atoms with Crippen LogP contribution in [0.3, 0.4) is 0 Å². The quantitative estimate of drug-likeness (QED) is 0.904. The van der Waals surface area contributed by atoms with Gasteiger partial charge in [0, 0.05) is 6.20 Å². The molecule has 18 heavy (non-hydrogen) atoms. The molecule has 0 fully saturated rings. The van der Waals surface area contributed by atoms with Crippen molar-refractivity contribution in [1.82, 2.24) is 14.8 Å². The largest absolute Gasteiger partial charge is 0.480 e. The molecule has 0 aliphatic heterocycles. The average Bonchev–Trinajstić information content (AvgIpc) is 2.64. The summed E-state index contributed by atoms with van der Waals surface area (Å²) < 4.78 is 6.78. The molecule has 0 aromatic carbocycles. The SMILES string of the molecule is COc1c2ncc(Cl)cc2nn1CC(C)(N)C#N. The summed E-state index contributed by atoms with van der Waals surface area (Å²) in [7, 11) is 1.52. The second kappa shape index (κ2) is 4.44. The molecule has 0 saturated heterocycles. The lowest BCUT2D eigenvalue weighted by Gasteiger charge is -2.16. The molecular formula is C11H12ClN5O. The second-order valence-corrected chi connectivity index (χ2v) is 4.65. The molecule has 7 heteroatoms.